The smallest absolute Gasteiger partial charge is 0.124 e. The molecule has 0 heterocycles. The Kier molecular flexibility index (Phi) is 12.1. The predicted molar refractivity (Wildman–Crippen MR) is 132 cm³/mol. The lowest BCUT2D eigenvalue weighted by molar-refractivity contribution is 0.260. The summed E-state index contributed by atoms with van der Waals surface area (Å²) < 4.78 is 7.24. The van der Waals surface area contributed by atoms with Crippen LogP contribution in [0.4, 0.5) is 0 Å². The summed E-state index contributed by atoms with van der Waals surface area (Å²) in [6.45, 7) is 12.8. The Bertz CT molecular complexity index is 727. The van der Waals surface area contributed by atoms with Crippen molar-refractivity contribution in [1.29, 1.82) is 0 Å². The van der Waals surface area contributed by atoms with E-state index in [1.54, 1.807) is 0 Å². The Morgan fingerprint density at radius 3 is 2.37 bits per heavy atom. The van der Waals surface area contributed by atoms with Crippen LogP contribution in [0.3, 0.4) is 0 Å². The zero-order chi connectivity index (χ0) is 21.6. The largest absolute Gasteiger partial charge is 0.489 e. The van der Waals surface area contributed by atoms with Crippen molar-refractivity contribution >= 4 is 15.9 Å². The van der Waals surface area contributed by atoms with E-state index in [9.17, 15) is 0 Å². The van der Waals surface area contributed by atoms with Gasteiger partial charge in [0, 0.05) is 16.6 Å². The van der Waals surface area contributed by atoms with E-state index in [1.807, 2.05) is 0 Å². The third-order valence-electron chi connectivity index (χ3n) is 5.30. The molecule has 0 aromatic heterocycles. The molecule has 2 aromatic rings. The fourth-order valence-corrected chi connectivity index (χ4v) is 3.95. The first-order valence-corrected chi connectivity index (χ1v) is 12.3. The van der Waals surface area contributed by atoms with E-state index >= 15 is 0 Å². The first-order chi connectivity index (χ1) is 14.6. The number of hydrogen-bond acceptors (Lipinski definition) is 3. The molecule has 0 atom stereocenters. The van der Waals surface area contributed by atoms with Crippen LogP contribution in [0.5, 0.6) is 5.75 Å². The predicted octanol–water partition coefficient (Wildman–Crippen LogP) is 6.72. The third-order valence-corrected chi connectivity index (χ3v) is 5.79. The number of rotatable bonds is 15. The summed E-state index contributed by atoms with van der Waals surface area (Å²) in [5.41, 5.74) is 3.67. The van der Waals surface area contributed by atoms with Gasteiger partial charge in [-0.05, 0) is 76.1 Å². The monoisotopic (exact) mass is 474 g/mol. The normalized spacial score (nSPS) is 11.2. The molecule has 0 aliphatic rings. The Morgan fingerprint density at radius 2 is 1.67 bits per heavy atom. The summed E-state index contributed by atoms with van der Waals surface area (Å²) in [5.74, 6) is 0.958. The van der Waals surface area contributed by atoms with E-state index in [4.69, 9.17) is 4.74 Å². The molecule has 3 nitrogen and oxygen atoms in total. The first-order valence-electron chi connectivity index (χ1n) is 11.5. The highest BCUT2D eigenvalue weighted by Gasteiger charge is 2.07. The number of benzene rings is 2. The molecule has 0 bridgehead atoms. The van der Waals surface area contributed by atoms with Gasteiger partial charge in [0.25, 0.3) is 0 Å². The summed E-state index contributed by atoms with van der Waals surface area (Å²) in [6, 6.07) is 14.8. The minimum absolute atomic E-state index is 0.597. The lowest BCUT2D eigenvalue weighted by atomic mass is 10.1. The van der Waals surface area contributed by atoms with Crippen LogP contribution in [-0.4, -0.2) is 31.1 Å². The van der Waals surface area contributed by atoms with Crippen LogP contribution in [0.1, 0.15) is 62.6 Å². The second-order valence-corrected chi connectivity index (χ2v) is 9.02. The van der Waals surface area contributed by atoms with Gasteiger partial charge in [-0.25, -0.2) is 0 Å². The van der Waals surface area contributed by atoms with Crippen LogP contribution >= 0.6 is 15.9 Å². The van der Waals surface area contributed by atoms with Gasteiger partial charge in [0.1, 0.15) is 12.4 Å². The number of halogens is 1. The van der Waals surface area contributed by atoms with Crippen molar-refractivity contribution in [3.05, 3.63) is 63.6 Å². The quantitative estimate of drug-likeness (QED) is 0.290. The standard InChI is InChI=1S/C26H39BrN2O/c1-4-6-15-29(16-7-5-2)17-9-14-28-20-24-19-25(27)12-13-26(24)30-21-23-11-8-10-22(3)18-23/h8,10-13,18-19,28H,4-7,9,14-17,20-21H2,1-3H3. The lowest BCUT2D eigenvalue weighted by Gasteiger charge is -2.22. The van der Waals surface area contributed by atoms with Crippen LogP contribution < -0.4 is 10.1 Å². The molecule has 2 aromatic carbocycles. The molecule has 0 saturated carbocycles. The second kappa shape index (κ2) is 14.6. The molecule has 0 aliphatic heterocycles. The second-order valence-electron chi connectivity index (χ2n) is 8.11. The fraction of sp³-hybridized carbons (Fsp3) is 0.538. The molecule has 0 spiro atoms. The SMILES string of the molecule is CCCCN(CCCC)CCCNCc1cc(Br)ccc1OCc1cccc(C)c1. The van der Waals surface area contributed by atoms with E-state index in [-0.39, 0.29) is 0 Å². The zero-order valence-electron chi connectivity index (χ0n) is 19.1. The van der Waals surface area contributed by atoms with Crippen molar-refractivity contribution in [1.82, 2.24) is 10.2 Å². The molecule has 0 saturated heterocycles. The average molecular weight is 476 g/mol. The molecule has 0 amide bonds. The maximum atomic E-state index is 6.15. The van der Waals surface area contributed by atoms with Crippen LogP contribution in [0.15, 0.2) is 46.9 Å². The molecule has 166 valence electrons. The Labute approximate surface area is 192 Å². The average Bonchev–Trinajstić information content (AvgIpc) is 2.74. The molecular weight excluding hydrogens is 436 g/mol. The van der Waals surface area contributed by atoms with Crippen molar-refractivity contribution in [3.63, 3.8) is 0 Å². The molecule has 30 heavy (non-hydrogen) atoms. The highest BCUT2D eigenvalue weighted by atomic mass is 79.9. The van der Waals surface area contributed by atoms with Crippen molar-refractivity contribution < 1.29 is 4.74 Å². The highest BCUT2D eigenvalue weighted by molar-refractivity contribution is 9.10. The molecule has 0 unspecified atom stereocenters. The van der Waals surface area contributed by atoms with Gasteiger partial charge in [-0.2, -0.15) is 0 Å². The minimum Gasteiger partial charge on any atom is -0.489 e. The summed E-state index contributed by atoms with van der Waals surface area (Å²) in [7, 11) is 0. The molecule has 0 aliphatic carbocycles. The first kappa shape index (κ1) is 24.9. The van der Waals surface area contributed by atoms with E-state index in [2.05, 4.69) is 89.4 Å². The van der Waals surface area contributed by atoms with Gasteiger partial charge in [0.15, 0.2) is 0 Å². The highest BCUT2D eigenvalue weighted by Crippen LogP contribution is 2.24. The number of aryl methyl sites for hydroxylation is 1. The van der Waals surface area contributed by atoms with E-state index in [0.29, 0.717) is 6.61 Å². The number of ether oxygens (including phenoxy) is 1. The van der Waals surface area contributed by atoms with Crippen LogP contribution in [0.25, 0.3) is 0 Å². The van der Waals surface area contributed by atoms with Gasteiger partial charge in [0.2, 0.25) is 0 Å². The molecule has 2 rings (SSSR count). The van der Waals surface area contributed by atoms with Gasteiger partial charge < -0.3 is 15.0 Å². The van der Waals surface area contributed by atoms with Gasteiger partial charge >= 0.3 is 0 Å². The molecule has 0 radical (unpaired) electrons. The van der Waals surface area contributed by atoms with Gasteiger partial charge in [-0.3, -0.25) is 0 Å². The summed E-state index contributed by atoms with van der Waals surface area (Å²) >= 11 is 3.60. The topological polar surface area (TPSA) is 24.5 Å². The Morgan fingerprint density at radius 1 is 0.933 bits per heavy atom. The summed E-state index contributed by atoms with van der Waals surface area (Å²) in [6.07, 6.45) is 6.33. The van der Waals surface area contributed by atoms with Crippen molar-refractivity contribution in [2.45, 2.75) is 66.0 Å². The summed E-state index contributed by atoms with van der Waals surface area (Å²) in [5, 5.41) is 3.62. The van der Waals surface area contributed by atoms with Crippen molar-refractivity contribution in [2.24, 2.45) is 0 Å². The fourth-order valence-electron chi connectivity index (χ4n) is 3.54. The zero-order valence-corrected chi connectivity index (χ0v) is 20.6. The van der Waals surface area contributed by atoms with Crippen LogP contribution in [-0.2, 0) is 13.2 Å². The van der Waals surface area contributed by atoms with E-state index in [0.717, 1.165) is 23.3 Å². The van der Waals surface area contributed by atoms with Crippen molar-refractivity contribution in [3.8, 4) is 5.75 Å². The number of hydrogen-bond donors (Lipinski definition) is 1. The van der Waals surface area contributed by atoms with Crippen molar-refractivity contribution in [2.75, 3.05) is 26.2 Å². The van der Waals surface area contributed by atoms with Gasteiger partial charge in [0.05, 0.1) is 0 Å². The molecule has 1 N–H and O–H groups in total. The number of unbranched alkanes of at least 4 members (excludes halogenated alkanes) is 2. The Balaban J connectivity index is 1.80. The maximum Gasteiger partial charge on any atom is 0.124 e. The lowest BCUT2D eigenvalue weighted by Crippen LogP contribution is -2.29. The van der Waals surface area contributed by atoms with Crippen LogP contribution in [0.2, 0.25) is 0 Å². The van der Waals surface area contributed by atoms with E-state index in [1.165, 1.54) is 68.4 Å². The minimum atomic E-state index is 0.597. The van der Waals surface area contributed by atoms with Gasteiger partial charge in [-0.1, -0.05) is 72.4 Å². The number of nitrogens with zero attached hydrogens (tertiary/aromatic N) is 1. The third kappa shape index (κ3) is 9.63. The molecule has 0 fully saturated rings. The number of nitrogens with one attached hydrogen (secondary N) is 1. The maximum absolute atomic E-state index is 6.15. The van der Waals surface area contributed by atoms with Gasteiger partial charge in [-0.15, -0.1) is 0 Å². The van der Waals surface area contributed by atoms with E-state index < -0.39 is 0 Å². The van der Waals surface area contributed by atoms with Crippen LogP contribution in [0, 0.1) is 6.92 Å². The summed E-state index contributed by atoms with van der Waals surface area (Å²) in [4.78, 5) is 2.63. The molecule has 4 heteroatoms. The molecular formula is C26H39BrN2O. The Hall–Kier alpha value is -1.36.